The quantitative estimate of drug-likeness (QED) is 0.579. The smallest absolute Gasteiger partial charge is 0.283 e. The van der Waals surface area contributed by atoms with Crippen molar-refractivity contribution in [2.75, 3.05) is 7.11 Å². The van der Waals surface area contributed by atoms with E-state index in [4.69, 9.17) is 4.42 Å². The number of hydrogen-bond donors (Lipinski definition) is 0. The molecule has 9 heavy (non-hydrogen) atoms. The summed E-state index contributed by atoms with van der Waals surface area (Å²) >= 11 is 0. The molecule has 0 fully saturated rings. The minimum Gasteiger partial charge on any atom is -0.468 e. The number of rotatable bonds is 1. The molecule has 0 aliphatic carbocycles. The minimum atomic E-state index is 0.556. The summed E-state index contributed by atoms with van der Waals surface area (Å²) < 4.78 is 9.45. The van der Waals surface area contributed by atoms with E-state index < -0.39 is 0 Å². The lowest BCUT2D eigenvalue weighted by atomic mass is 10.7. The van der Waals surface area contributed by atoms with Crippen LogP contribution in [-0.4, -0.2) is 7.11 Å². The lowest BCUT2D eigenvalue weighted by Gasteiger charge is -1.85. The summed E-state index contributed by atoms with van der Waals surface area (Å²) in [6, 6.07) is 3.53. The first-order valence-corrected chi connectivity index (χ1v) is 3.01. The Labute approximate surface area is 55.4 Å². The summed E-state index contributed by atoms with van der Waals surface area (Å²) in [5.41, 5.74) is 0. The van der Waals surface area contributed by atoms with Crippen molar-refractivity contribution in [1.29, 1.82) is 0 Å². The zero-order chi connectivity index (χ0) is 7.11. The van der Waals surface area contributed by atoms with E-state index in [1.54, 1.807) is 25.5 Å². The van der Waals surface area contributed by atoms with E-state index in [0.717, 1.165) is 0 Å². The van der Waals surface area contributed by atoms with Crippen LogP contribution in [0.15, 0.2) is 22.8 Å². The molecule has 0 saturated heterocycles. The highest BCUT2D eigenvalue weighted by atomic mass is 16.6. The average Bonchev–Trinajstić information content (AvgIpc) is 2.43. The fourth-order valence-electron chi connectivity index (χ4n) is 0.380. The van der Waals surface area contributed by atoms with Crippen LogP contribution in [0.2, 0.25) is 0 Å². The van der Waals surface area contributed by atoms with Crippen LogP contribution in [0.1, 0.15) is 13.8 Å². The van der Waals surface area contributed by atoms with E-state index in [1.165, 1.54) is 0 Å². The summed E-state index contributed by atoms with van der Waals surface area (Å²) in [5, 5.41) is 0. The van der Waals surface area contributed by atoms with Crippen molar-refractivity contribution in [2.24, 2.45) is 0 Å². The van der Waals surface area contributed by atoms with Crippen molar-refractivity contribution in [3.63, 3.8) is 0 Å². The Kier molecular flexibility index (Phi) is 4.69. The molecule has 0 aliphatic heterocycles. The maximum absolute atomic E-state index is 4.76. The Morgan fingerprint density at radius 2 is 2.11 bits per heavy atom. The van der Waals surface area contributed by atoms with Gasteiger partial charge in [0.1, 0.15) is 0 Å². The van der Waals surface area contributed by atoms with E-state index in [2.05, 4.69) is 4.74 Å². The number of ether oxygens (including phenoxy) is 1. The first kappa shape index (κ1) is 8.08. The third kappa shape index (κ3) is 2.80. The molecule has 0 N–H and O–H groups in total. The van der Waals surface area contributed by atoms with Crippen molar-refractivity contribution in [3.8, 4) is 5.95 Å². The van der Waals surface area contributed by atoms with Gasteiger partial charge in [-0.25, -0.2) is 0 Å². The fourth-order valence-corrected chi connectivity index (χ4v) is 0.380. The van der Waals surface area contributed by atoms with Crippen molar-refractivity contribution in [3.05, 3.63) is 18.4 Å². The Morgan fingerprint density at radius 3 is 2.33 bits per heavy atom. The highest BCUT2D eigenvalue weighted by Gasteiger charge is 1.85. The van der Waals surface area contributed by atoms with Crippen LogP contribution in [0, 0.1) is 0 Å². The number of hydrogen-bond acceptors (Lipinski definition) is 2. The number of furan rings is 1. The summed E-state index contributed by atoms with van der Waals surface area (Å²) in [4.78, 5) is 0. The van der Waals surface area contributed by atoms with Gasteiger partial charge in [-0.05, 0) is 6.07 Å². The molecular weight excluding hydrogens is 116 g/mol. The van der Waals surface area contributed by atoms with Crippen molar-refractivity contribution < 1.29 is 9.15 Å². The zero-order valence-electron chi connectivity index (χ0n) is 6.05. The van der Waals surface area contributed by atoms with Gasteiger partial charge in [-0.1, -0.05) is 13.8 Å². The van der Waals surface area contributed by atoms with Crippen LogP contribution in [-0.2, 0) is 0 Å². The Hall–Kier alpha value is -0.920. The molecule has 0 radical (unpaired) electrons. The molecule has 1 aromatic rings. The van der Waals surface area contributed by atoms with Crippen LogP contribution in [0.5, 0.6) is 5.95 Å². The van der Waals surface area contributed by atoms with Gasteiger partial charge in [0.15, 0.2) is 0 Å². The second-order valence-electron chi connectivity index (χ2n) is 1.14. The normalized spacial score (nSPS) is 7.44. The molecule has 0 saturated carbocycles. The summed E-state index contributed by atoms with van der Waals surface area (Å²) in [6.45, 7) is 4.00. The second-order valence-corrected chi connectivity index (χ2v) is 1.14. The highest BCUT2D eigenvalue weighted by molar-refractivity contribution is 5.03. The molecule has 1 rings (SSSR count). The molecule has 1 heterocycles. The van der Waals surface area contributed by atoms with Gasteiger partial charge in [0.25, 0.3) is 5.95 Å². The maximum Gasteiger partial charge on any atom is 0.283 e. The van der Waals surface area contributed by atoms with Crippen molar-refractivity contribution >= 4 is 0 Å². The zero-order valence-corrected chi connectivity index (χ0v) is 6.05. The van der Waals surface area contributed by atoms with Gasteiger partial charge >= 0.3 is 0 Å². The van der Waals surface area contributed by atoms with Crippen LogP contribution < -0.4 is 4.74 Å². The molecular formula is C7H12O2. The Morgan fingerprint density at radius 1 is 1.44 bits per heavy atom. The van der Waals surface area contributed by atoms with Gasteiger partial charge < -0.3 is 9.15 Å². The maximum atomic E-state index is 4.76. The molecule has 0 aliphatic rings. The van der Waals surface area contributed by atoms with E-state index in [9.17, 15) is 0 Å². The highest BCUT2D eigenvalue weighted by Crippen LogP contribution is 2.07. The van der Waals surface area contributed by atoms with Gasteiger partial charge in [0.05, 0.1) is 13.4 Å². The van der Waals surface area contributed by atoms with Crippen LogP contribution in [0.3, 0.4) is 0 Å². The van der Waals surface area contributed by atoms with Gasteiger partial charge in [-0.15, -0.1) is 0 Å². The predicted octanol–water partition coefficient (Wildman–Crippen LogP) is 2.31. The molecule has 2 nitrogen and oxygen atoms in total. The third-order valence-corrected chi connectivity index (χ3v) is 0.696. The van der Waals surface area contributed by atoms with Gasteiger partial charge in [0, 0.05) is 6.07 Å². The van der Waals surface area contributed by atoms with E-state index in [-0.39, 0.29) is 0 Å². The molecule has 0 atom stereocenters. The molecule has 0 bridgehead atoms. The lowest BCUT2D eigenvalue weighted by Crippen LogP contribution is -1.74. The molecule has 0 amide bonds. The first-order valence-electron chi connectivity index (χ1n) is 3.01. The van der Waals surface area contributed by atoms with Crippen molar-refractivity contribution in [1.82, 2.24) is 0 Å². The Balaban J connectivity index is 0.000000291. The van der Waals surface area contributed by atoms with Crippen molar-refractivity contribution in [2.45, 2.75) is 13.8 Å². The standard InChI is InChI=1S/C5H6O2.C2H6/c1-6-5-3-2-4-7-5;1-2/h2-4H,1H3;1-2H3. The second kappa shape index (κ2) is 5.22. The van der Waals surface area contributed by atoms with Gasteiger partial charge in [-0.2, -0.15) is 0 Å². The Bertz CT molecular complexity index is 121. The fraction of sp³-hybridized carbons (Fsp3) is 0.429. The molecule has 0 unspecified atom stereocenters. The van der Waals surface area contributed by atoms with Gasteiger partial charge in [0.2, 0.25) is 0 Å². The number of methoxy groups -OCH3 is 1. The lowest BCUT2D eigenvalue weighted by molar-refractivity contribution is 0.305. The van der Waals surface area contributed by atoms with Gasteiger partial charge in [-0.3, -0.25) is 0 Å². The summed E-state index contributed by atoms with van der Waals surface area (Å²) in [6.07, 6.45) is 1.57. The molecule has 0 aromatic carbocycles. The molecule has 52 valence electrons. The summed E-state index contributed by atoms with van der Waals surface area (Å²) in [7, 11) is 1.57. The molecule has 2 heteroatoms. The minimum absolute atomic E-state index is 0.556. The van der Waals surface area contributed by atoms with Crippen LogP contribution >= 0.6 is 0 Å². The average molecular weight is 128 g/mol. The molecule has 0 spiro atoms. The predicted molar refractivity (Wildman–Crippen MR) is 36.6 cm³/mol. The van der Waals surface area contributed by atoms with Crippen LogP contribution in [0.4, 0.5) is 0 Å². The monoisotopic (exact) mass is 128 g/mol. The van der Waals surface area contributed by atoms with E-state index in [0.29, 0.717) is 5.95 Å². The van der Waals surface area contributed by atoms with E-state index >= 15 is 0 Å². The first-order chi connectivity index (χ1) is 4.43. The van der Waals surface area contributed by atoms with Crippen LogP contribution in [0.25, 0.3) is 0 Å². The summed E-state index contributed by atoms with van der Waals surface area (Å²) in [5.74, 6) is 0.556. The largest absolute Gasteiger partial charge is 0.468 e. The van der Waals surface area contributed by atoms with E-state index in [1.807, 2.05) is 13.8 Å². The topological polar surface area (TPSA) is 22.4 Å². The molecule has 1 aromatic heterocycles. The third-order valence-electron chi connectivity index (χ3n) is 0.696. The SMILES string of the molecule is CC.COc1ccco1.